The molecule has 2 rings (SSSR count). The Morgan fingerprint density at radius 3 is 2.38 bits per heavy atom. The van der Waals surface area contributed by atoms with Gasteiger partial charge in [0.2, 0.25) is 5.91 Å². The van der Waals surface area contributed by atoms with E-state index in [0.29, 0.717) is 6.54 Å². The summed E-state index contributed by atoms with van der Waals surface area (Å²) in [6, 6.07) is 14.8. The zero-order valence-corrected chi connectivity index (χ0v) is 11.8. The van der Waals surface area contributed by atoms with E-state index in [-0.39, 0.29) is 11.5 Å². The smallest absolute Gasteiger partial charge is 0.335 e. The summed E-state index contributed by atoms with van der Waals surface area (Å²) in [6.45, 7) is 2.09. The van der Waals surface area contributed by atoms with Crippen LogP contribution in [0.3, 0.4) is 0 Å². The molecule has 0 atom stereocenters. The molecule has 0 unspecified atom stereocenters. The quantitative estimate of drug-likeness (QED) is 0.886. The molecule has 0 saturated carbocycles. The normalized spacial score (nSPS) is 10.1. The van der Waals surface area contributed by atoms with Crippen LogP contribution in [0.25, 0.3) is 11.1 Å². The van der Waals surface area contributed by atoms with E-state index in [0.717, 1.165) is 23.1 Å². The monoisotopic (exact) mass is 283 g/mol. The third kappa shape index (κ3) is 4.18. The van der Waals surface area contributed by atoms with Crippen molar-refractivity contribution in [3.8, 4) is 11.1 Å². The average molecular weight is 283 g/mol. The Kier molecular flexibility index (Phi) is 4.72. The predicted molar refractivity (Wildman–Crippen MR) is 81.2 cm³/mol. The number of rotatable bonds is 5. The molecule has 0 aliphatic carbocycles. The molecule has 1 amide bonds. The number of carboxylic acids is 1. The molecular formula is C17H17NO3. The Labute approximate surface area is 123 Å². The van der Waals surface area contributed by atoms with Gasteiger partial charge in [-0.15, -0.1) is 0 Å². The fourth-order valence-electron chi connectivity index (χ4n) is 2.12. The van der Waals surface area contributed by atoms with Gasteiger partial charge in [-0.3, -0.25) is 4.79 Å². The van der Waals surface area contributed by atoms with Crippen molar-refractivity contribution in [1.29, 1.82) is 0 Å². The van der Waals surface area contributed by atoms with Crippen molar-refractivity contribution in [3.63, 3.8) is 0 Å². The van der Waals surface area contributed by atoms with Crippen LogP contribution in [0.15, 0.2) is 48.5 Å². The van der Waals surface area contributed by atoms with Crippen LogP contribution in [-0.4, -0.2) is 23.5 Å². The van der Waals surface area contributed by atoms with E-state index in [4.69, 9.17) is 5.11 Å². The first-order valence-corrected chi connectivity index (χ1v) is 6.73. The maximum atomic E-state index is 11.0. The number of nitrogens with one attached hydrogen (secondary N) is 1. The Morgan fingerprint density at radius 2 is 1.71 bits per heavy atom. The summed E-state index contributed by atoms with van der Waals surface area (Å²) in [4.78, 5) is 21.9. The van der Waals surface area contributed by atoms with E-state index in [1.165, 1.54) is 6.92 Å². The maximum absolute atomic E-state index is 11.0. The summed E-state index contributed by atoms with van der Waals surface area (Å²) < 4.78 is 0. The number of carboxylic acid groups (broad SMARTS) is 1. The molecule has 0 heterocycles. The Bertz CT molecular complexity index is 665. The SMILES string of the molecule is CC(=O)NCCc1cccc(-c2cccc(C(=O)O)c2)c1. The molecule has 0 fully saturated rings. The first kappa shape index (κ1) is 14.8. The topological polar surface area (TPSA) is 66.4 Å². The van der Waals surface area contributed by atoms with Gasteiger partial charge in [-0.1, -0.05) is 36.4 Å². The summed E-state index contributed by atoms with van der Waals surface area (Å²) >= 11 is 0. The fraction of sp³-hybridized carbons (Fsp3) is 0.176. The van der Waals surface area contributed by atoms with E-state index >= 15 is 0 Å². The van der Waals surface area contributed by atoms with Crippen LogP contribution in [0, 0.1) is 0 Å². The van der Waals surface area contributed by atoms with Gasteiger partial charge in [0.15, 0.2) is 0 Å². The van der Waals surface area contributed by atoms with Crippen molar-refractivity contribution in [2.24, 2.45) is 0 Å². The summed E-state index contributed by atoms with van der Waals surface area (Å²) in [5.74, 6) is -0.973. The van der Waals surface area contributed by atoms with Gasteiger partial charge in [-0.2, -0.15) is 0 Å². The van der Waals surface area contributed by atoms with Crippen molar-refractivity contribution in [3.05, 3.63) is 59.7 Å². The third-order valence-corrected chi connectivity index (χ3v) is 3.16. The lowest BCUT2D eigenvalue weighted by molar-refractivity contribution is -0.118. The molecule has 4 heteroatoms. The van der Waals surface area contributed by atoms with Gasteiger partial charge in [0.25, 0.3) is 0 Å². The van der Waals surface area contributed by atoms with E-state index in [1.54, 1.807) is 18.2 Å². The second kappa shape index (κ2) is 6.70. The summed E-state index contributed by atoms with van der Waals surface area (Å²) in [6.07, 6.45) is 0.742. The molecule has 21 heavy (non-hydrogen) atoms. The summed E-state index contributed by atoms with van der Waals surface area (Å²) in [5.41, 5.74) is 3.22. The fourth-order valence-corrected chi connectivity index (χ4v) is 2.12. The van der Waals surface area contributed by atoms with Crippen LogP contribution >= 0.6 is 0 Å². The highest BCUT2D eigenvalue weighted by molar-refractivity contribution is 5.89. The summed E-state index contributed by atoms with van der Waals surface area (Å²) in [5, 5.41) is 11.8. The molecule has 0 radical (unpaired) electrons. The second-order valence-electron chi connectivity index (χ2n) is 4.82. The number of hydrogen-bond donors (Lipinski definition) is 2. The van der Waals surface area contributed by atoms with Crippen LogP contribution in [0.5, 0.6) is 0 Å². The molecule has 0 spiro atoms. The molecule has 0 aliphatic rings. The number of amides is 1. The zero-order valence-electron chi connectivity index (χ0n) is 11.8. The van der Waals surface area contributed by atoms with E-state index in [2.05, 4.69) is 5.32 Å². The molecular weight excluding hydrogens is 266 g/mol. The minimum absolute atomic E-state index is 0.0414. The third-order valence-electron chi connectivity index (χ3n) is 3.16. The van der Waals surface area contributed by atoms with Gasteiger partial charge in [0.1, 0.15) is 0 Å². The lowest BCUT2D eigenvalue weighted by Gasteiger charge is -2.07. The first-order chi connectivity index (χ1) is 10.1. The second-order valence-corrected chi connectivity index (χ2v) is 4.82. The highest BCUT2D eigenvalue weighted by Crippen LogP contribution is 2.21. The lowest BCUT2D eigenvalue weighted by atomic mass is 10.00. The van der Waals surface area contributed by atoms with Gasteiger partial charge in [0, 0.05) is 13.5 Å². The Hall–Kier alpha value is -2.62. The van der Waals surface area contributed by atoms with Crippen molar-refractivity contribution >= 4 is 11.9 Å². The van der Waals surface area contributed by atoms with Crippen LogP contribution < -0.4 is 5.32 Å². The minimum Gasteiger partial charge on any atom is -0.478 e. The lowest BCUT2D eigenvalue weighted by Crippen LogP contribution is -2.22. The molecule has 108 valence electrons. The van der Waals surface area contributed by atoms with Crippen LogP contribution in [0.4, 0.5) is 0 Å². The van der Waals surface area contributed by atoms with Crippen molar-refractivity contribution in [2.75, 3.05) is 6.54 Å². The van der Waals surface area contributed by atoms with E-state index in [1.807, 2.05) is 30.3 Å². The van der Waals surface area contributed by atoms with Crippen molar-refractivity contribution in [1.82, 2.24) is 5.32 Å². The maximum Gasteiger partial charge on any atom is 0.335 e. The number of carbonyl (C=O) groups excluding carboxylic acids is 1. The highest BCUT2D eigenvalue weighted by Gasteiger charge is 2.05. The molecule has 0 aliphatic heterocycles. The molecule has 2 aromatic rings. The Morgan fingerprint density at radius 1 is 1.05 bits per heavy atom. The van der Waals surface area contributed by atoms with E-state index < -0.39 is 5.97 Å². The van der Waals surface area contributed by atoms with Crippen LogP contribution in [0.1, 0.15) is 22.8 Å². The van der Waals surface area contributed by atoms with Crippen molar-refractivity contribution in [2.45, 2.75) is 13.3 Å². The number of hydrogen-bond acceptors (Lipinski definition) is 2. The summed E-state index contributed by atoms with van der Waals surface area (Å²) in [7, 11) is 0. The first-order valence-electron chi connectivity index (χ1n) is 6.73. The standard InChI is InChI=1S/C17H17NO3/c1-12(19)18-9-8-13-4-2-5-14(10-13)15-6-3-7-16(11-15)17(20)21/h2-7,10-11H,8-9H2,1H3,(H,18,19)(H,20,21). The Balaban J connectivity index is 2.18. The molecule has 0 bridgehead atoms. The van der Waals surface area contributed by atoms with Gasteiger partial charge >= 0.3 is 5.97 Å². The van der Waals surface area contributed by atoms with Gasteiger partial charge in [-0.05, 0) is 35.2 Å². The minimum atomic E-state index is -0.932. The van der Waals surface area contributed by atoms with Gasteiger partial charge in [-0.25, -0.2) is 4.79 Å². The highest BCUT2D eigenvalue weighted by atomic mass is 16.4. The van der Waals surface area contributed by atoms with Crippen LogP contribution in [0.2, 0.25) is 0 Å². The molecule has 2 aromatic carbocycles. The molecule has 2 N–H and O–H groups in total. The van der Waals surface area contributed by atoms with E-state index in [9.17, 15) is 9.59 Å². The van der Waals surface area contributed by atoms with Crippen LogP contribution in [-0.2, 0) is 11.2 Å². The number of carbonyl (C=O) groups is 2. The predicted octanol–water partition coefficient (Wildman–Crippen LogP) is 2.73. The molecule has 0 aromatic heterocycles. The molecule has 4 nitrogen and oxygen atoms in total. The molecule has 0 saturated heterocycles. The largest absolute Gasteiger partial charge is 0.478 e. The number of aromatic carboxylic acids is 1. The zero-order chi connectivity index (χ0) is 15.2. The number of benzene rings is 2. The van der Waals surface area contributed by atoms with Gasteiger partial charge < -0.3 is 10.4 Å². The van der Waals surface area contributed by atoms with Gasteiger partial charge in [0.05, 0.1) is 5.56 Å². The average Bonchev–Trinajstić information content (AvgIpc) is 2.47. The van der Waals surface area contributed by atoms with Crippen molar-refractivity contribution < 1.29 is 14.7 Å².